The lowest BCUT2D eigenvalue weighted by Crippen LogP contribution is -2.34. The van der Waals surface area contributed by atoms with E-state index in [0.29, 0.717) is 19.7 Å². The van der Waals surface area contributed by atoms with Crippen LogP contribution in [0.3, 0.4) is 0 Å². The van der Waals surface area contributed by atoms with Crippen LogP contribution in [0.15, 0.2) is 12.7 Å². The van der Waals surface area contributed by atoms with Gasteiger partial charge in [0, 0.05) is 13.1 Å². The molecule has 0 bridgehead atoms. The van der Waals surface area contributed by atoms with E-state index in [4.69, 9.17) is 4.74 Å². The summed E-state index contributed by atoms with van der Waals surface area (Å²) in [5, 5.41) is 5.45. The molecule has 0 rings (SSSR count). The Morgan fingerprint density at radius 3 is 2.80 bits per heavy atom. The van der Waals surface area contributed by atoms with E-state index >= 15 is 0 Å². The van der Waals surface area contributed by atoms with Crippen LogP contribution in [0.4, 0.5) is 0 Å². The molecule has 5 heteroatoms. The number of carbonyl (C=O) groups excluding carboxylic acids is 2. The van der Waals surface area contributed by atoms with Crippen molar-refractivity contribution in [1.82, 2.24) is 10.6 Å². The van der Waals surface area contributed by atoms with Crippen LogP contribution < -0.4 is 10.6 Å². The van der Waals surface area contributed by atoms with E-state index in [9.17, 15) is 9.59 Å². The molecular formula is C10H18N2O3. The van der Waals surface area contributed by atoms with Gasteiger partial charge in [0.05, 0.1) is 19.6 Å². The molecule has 0 aromatic heterocycles. The predicted octanol–water partition coefficient (Wildman–Crippen LogP) is -0.169. The topological polar surface area (TPSA) is 67.4 Å². The molecule has 1 amide bonds. The highest BCUT2D eigenvalue weighted by Gasteiger charge is 2.02. The van der Waals surface area contributed by atoms with Gasteiger partial charge in [0.25, 0.3) is 0 Å². The standard InChI is InChI=1S/C10H18N2O3/c1-3-6-12-9(13)8-11-7-5-10(14)15-4-2/h3,11H,1,4-8H2,2H3,(H,12,13). The van der Waals surface area contributed by atoms with Crippen molar-refractivity contribution in [2.45, 2.75) is 13.3 Å². The Hall–Kier alpha value is -1.36. The normalized spacial score (nSPS) is 9.40. The van der Waals surface area contributed by atoms with Crippen molar-refractivity contribution < 1.29 is 14.3 Å². The first-order valence-corrected chi connectivity index (χ1v) is 4.94. The van der Waals surface area contributed by atoms with Crippen molar-refractivity contribution in [3.8, 4) is 0 Å². The molecule has 0 aliphatic rings. The maximum Gasteiger partial charge on any atom is 0.307 e. The average Bonchev–Trinajstić information content (AvgIpc) is 2.22. The monoisotopic (exact) mass is 214 g/mol. The smallest absolute Gasteiger partial charge is 0.307 e. The fourth-order valence-electron chi connectivity index (χ4n) is 0.874. The Kier molecular flexibility index (Phi) is 8.37. The van der Waals surface area contributed by atoms with Gasteiger partial charge in [-0.2, -0.15) is 0 Å². The van der Waals surface area contributed by atoms with Crippen molar-refractivity contribution in [3.63, 3.8) is 0 Å². The molecule has 0 fully saturated rings. The van der Waals surface area contributed by atoms with E-state index in [-0.39, 0.29) is 24.8 Å². The van der Waals surface area contributed by atoms with E-state index in [1.165, 1.54) is 0 Å². The Morgan fingerprint density at radius 2 is 2.20 bits per heavy atom. The summed E-state index contributed by atoms with van der Waals surface area (Å²) in [6.45, 7) is 6.73. The van der Waals surface area contributed by atoms with Crippen molar-refractivity contribution in [3.05, 3.63) is 12.7 Å². The Balaban J connectivity index is 3.33. The molecule has 0 spiro atoms. The lowest BCUT2D eigenvalue weighted by Gasteiger charge is -2.04. The average molecular weight is 214 g/mol. The Labute approximate surface area is 89.9 Å². The van der Waals surface area contributed by atoms with Crippen LogP contribution in [0.5, 0.6) is 0 Å². The summed E-state index contributed by atoms with van der Waals surface area (Å²) < 4.78 is 4.72. The SMILES string of the molecule is C=CCNC(=O)CNCCC(=O)OCC. The van der Waals surface area contributed by atoms with E-state index in [2.05, 4.69) is 17.2 Å². The third-order valence-electron chi connectivity index (χ3n) is 1.54. The molecule has 0 atom stereocenters. The van der Waals surface area contributed by atoms with Crippen LogP contribution in [0.25, 0.3) is 0 Å². The molecule has 0 aliphatic carbocycles. The van der Waals surface area contributed by atoms with Crippen molar-refractivity contribution >= 4 is 11.9 Å². The Morgan fingerprint density at radius 1 is 1.47 bits per heavy atom. The minimum atomic E-state index is -0.253. The molecule has 0 heterocycles. The van der Waals surface area contributed by atoms with Crippen molar-refractivity contribution in [1.29, 1.82) is 0 Å². The van der Waals surface area contributed by atoms with E-state index < -0.39 is 0 Å². The van der Waals surface area contributed by atoms with Gasteiger partial charge < -0.3 is 15.4 Å². The lowest BCUT2D eigenvalue weighted by atomic mass is 10.4. The van der Waals surface area contributed by atoms with Gasteiger partial charge in [-0.15, -0.1) is 6.58 Å². The highest BCUT2D eigenvalue weighted by atomic mass is 16.5. The minimum absolute atomic E-state index is 0.112. The number of carbonyl (C=O) groups is 2. The number of nitrogens with one attached hydrogen (secondary N) is 2. The quantitative estimate of drug-likeness (QED) is 0.334. The molecule has 0 unspecified atom stereocenters. The molecule has 2 N–H and O–H groups in total. The van der Waals surface area contributed by atoms with Gasteiger partial charge in [0.15, 0.2) is 0 Å². The maximum atomic E-state index is 11.0. The largest absolute Gasteiger partial charge is 0.466 e. The number of rotatable bonds is 8. The highest BCUT2D eigenvalue weighted by molar-refractivity contribution is 5.78. The molecule has 15 heavy (non-hydrogen) atoms. The zero-order valence-electron chi connectivity index (χ0n) is 9.04. The summed E-state index contributed by atoms with van der Waals surface area (Å²) in [6.07, 6.45) is 1.89. The third-order valence-corrected chi connectivity index (χ3v) is 1.54. The molecule has 0 aromatic carbocycles. The number of esters is 1. The summed E-state index contributed by atoms with van der Waals surface area (Å²) >= 11 is 0. The molecule has 0 saturated heterocycles. The van der Waals surface area contributed by atoms with Crippen LogP contribution in [-0.4, -0.2) is 38.1 Å². The number of hydrogen-bond donors (Lipinski definition) is 2. The second kappa shape index (κ2) is 9.21. The molecule has 0 radical (unpaired) electrons. The summed E-state index contributed by atoms with van der Waals surface area (Å²) in [5.74, 6) is -0.366. The first-order valence-electron chi connectivity index (χ1n) is 4.94. The first kappa shape index (κ1) is 13.6. The van der Waals surface area contributed by atoms with Gasteiger partial charge in [0.1, 0.15) is 0 Å². The summed E-state index contributed by atoms with van der Waals surface area (Å²) in [4.78, 5) is 21.9. The maximum absolute atomic E-state index is 11.0. The second-order valence-corrected chi connectivity index (χ2v) is 2.82. The van der Waals surface area contributed by atoms with E-state index in [1.807, 2.05) is 0 Å². The van der Waals surface area contributed by atoms with Crippen LogP contribution in [0.1, 0.15) is 13.3 Å². The Bertz CT molecular complexity index is 217. The fourth-order valence-corrected chi connectivity index (χ4v) is 0.874. The van der Waals surface area contributed by atoms with Gasteiger partial charge >= 0.3 is 5.97 Å². The fraction of sp³-hybridized carbons (Fsp3) is 0.600. The van der Waals surface area contributed by atoms with Crippen molar-refractivity contribution in [2.24, 2.45) is 0 Å². The zero-order valence-corrected chi connectivity index (χ0v) is 9.04. The van der Waals surface area contributed by atoms with Gasteiger partial charge in [-0.3, -0.25) is 9.59 Å². The van der Waals surface area contributed by atoms with Crippen LogP contribution in [0, 0.1) is 0 Å². The summed E-state index contributed by atoms with van der Waals surface area (Å²) in [5.41, 5.74) is 0. The van der Waals surface area contributed by atoms with Gasteiger partial charge in [0.2, 0.25) is 5.91 Å². The van der Waals surface area contributed by atoms with Gasteiger partial charge in [-0.25, -0.2) is 0 Å². The number of hydrogen-bond acceptors (Lipinski definition) is 4. The number of ether oxygens (including phenoxy) is 1. The molecule has 86 valence electrons. The van der Waals surface area contributed by atoms with Crippen molar-refractivity contribution in [2.75, 3.05) is 26.2 Å². The van der Waals surface area contributed by atoms with E-state index in [0.717, 1.165) is 0 Å². The molecule has 0 saturated carbocycles. The number of amides is 1. The van der Waals surface area contributed by atoms with Gasteiger partial charge in [-0.05, 0) is 6.92 Å². The summed E-state index contributed by atoms with van der Waals surface area (Å²) in [7, 11) is 0. The van der Waals surface area contributed by atoms with E-state index in [1.54, 1.807) is 13.0 Å². The van der Waals surface area contributed by atoms with Crippen LogP contribution in [-0.2, 0) is 14.3 Å². The summed E-state index contributed by atoms with van der Waals surface area (Å²) in [6, 6.07) is 0. The third kappa shape index (κ3) is 8.96. The lowest BCUT2D eigenvalue weighted by molar-refractivity contribution is -0.143. The zero-order chi connectivity index (χ0) is 11.5. The highest BCUT2D eigenvalue weighted by Crippen LogP contribution is 1.83. The first-order chi connectivity index (χ1) is 7.20. The molecule has 5 nitrogen and oxygen atoms in total. The predicted molar refractivity (Wildman–Crippen MR) is 57.3 cm³/mol. The molecular weight excluding hydrogens is 196 g/mol. The minimum Gasteiger partial charge on any atom is -0.466 e. The second-order valence-electron chi connectivity index (χ2n) is 2.82. The van der Waals surface area contributed by atoms with Crippen LogP contribution >= 0.6 is 0 Å². The van der Waals surface area contributed by atoms with Crippen LogP contribution in [0.2, 0.25) is 0 Å². The molecule has 0 aliphatic heterocycles. The van der Waals surface area contributed by atoms with Gasteiger partial charge in [-0.1, -0.05) is 6.08 Å². The molecule has 0 aromatic rings.